The van der Waals surface area contributed by atoms with Crippen molar-refractivity contribution in [3.05, 3.63) is 36.0 Å². The average Bonchev–Trinajstić information content (AvgIpc) is 2.62. The molecule has 1 aromatic carbocycles. The number of hydrogen-bond acceptors (Lipinski definition) is 6. The van der Waals surface area contributed by atoms with Crippen molar-refractivity contribution in [1.82, 2.24) is 20.1 Å². The maximum absolute atomic E-state index is 12.6. The molecule has 138 valence electrons. The van der Waals surface area contributed by atoms with Gasteiger partial charge in [-0.2, -0.15) is 23.3 Å². The summed E-state index contributed by atoms with van der Waals surface area (Å²) >= 11 is 0. The lowest BCUT2D eigenvalue weighted by Crippen LogP contribution is -2.48. The molecular weight excluding hydrogens is 349 g/mol. The first-order chi connectivity index (χ1) is 12.3. The van der Waals surface area contributed by atoms with Crippen molar-refractivity contribution in [3.63, 3.8) is 0 Å². The van der Waals surface area contributed by atoms with Crippen LogP contribution in [0.15, 0.2) is 30.5 Å². The minimum atomic E-state index is -4.37. The number of alkyl halides is 3. The Balaban J connectivity index is 1.67. The van der Waals surface area contributed by atoms with Crippen LogP contribution in [-0.4, -0.2) is 52.2 Å². The maximum Gasteiger partial charge on any atom is 0.416 e. The van der Waals surface area contributed by atoms with Gasteiger partial charge in [-0.1, -0.05) is 0 Å². The summed E-state index contributed by atoms with van der Waals surface area (Å²) in [6.45, 7) is 3.86. The SMILES string of the molecule is CC(=O)N1CCN(c2nncc(Nc3ccc(C(F)(F)F)cc3)n2)CC1. The summed E-state index contributed by atoms with van der Waals surface area (Å²) in [6.07, 6.45) is -2.98. The average molecular weight is 366 g/mol. The molecule has 1 aliphatic rings. The van der Waals surface area contributed by atoms with Gasteiger partial charge >= 0.3 is 6.18 Å². The third-order valence-electron chi connectivity index (χ3n) is 4.04. The molecule has 2 heterocycles. The van der Waals surface area contributed by atoms with Gasteiger partial charge in [0, 0.05) is 38.8 Å². The Hall–Kier alpha value is -2.91. The van der Waals surface area contributed by atoms with Crippen LogP contribution in [0.3, 0.4) is 0 Å². The topological polar surface area (TPSA) is 74.2 Å². The number of carbonyl (C=O) groups excluding carboxylic acids is 1. The molecule has 1 saturated heterocycles. The Bertz CT molecular complexity index is 772. The van der Waals surface area contributed by atoms with Crippen molar-refractivity contribution < 1.29 is 18.0 Å². The minimum Gasteiger partial charge on any atom is -0.339 e. The number of rotatable bonds is 3. The van der Waals surface area contributed by atoms with E-state index in [4.69, 9.17) is 0 Å². The third kappa shape index (κ3) is 4.19. The maximum atomic E-state index is 12.6. The molecule has 10 heteroatoms. The Morgan fingerprint density at radius 3 is 2.35 bits per heavy atom. The number of piperazine rings is 1. The van der Waals surface area contributed by atoms with E-state index >= 15 is 0 Å². The van der Waals surface area contributed by atoms with Crippen LogP contribution in [-0.2, 0) is 11.0 Å². The third-order valence-corrected chi connectivity index (χ3v) is 4.04. The molecule has 0 aliphatic carbocycles. The Labute approximate surface area is 147 Å². The molecule has 1 fully saturated rings. The predicted molar refractivity (Wildman–Crippen MR) is 89.0 cm³/mol. The van der Waals surface area contributed by atoms with Gasteiger partial charge in [-0.3, -0.25) is 4.79 Å². The molecule has 0 radical (unpaired) electrons. The quantitative estimate of drug-likeness (QED) is 0.899. The second kappa shape index (κ2) is 7.14. The Kier molecular flexibility index (Phi) is 4.92. The lowest BCUT2D eigenvalue weighted by molar-refractivity contribution is -0.137. The van der Waals surface area contributed by atoms with Crippen LogP contribution in [0.5, 0.6) is 0 Å². The molecule has 0 atom stereocenters. The molecule has 1 amide bonds. The fourth-order valence-corrected chi connectivity index (χ4v) is 2.60. The van der Waals surface area contributed by atoms with Gasteiger partial charge in [0.15, 0.2) is 5.82 Å². The van der Waals surface area contributed by atoms with E-state index in [0.29, 0.717) is 43.6 Å². The van der Waals surface area contributed by atoms with Gasteiger partial charge in [0.2, 0.25) is 11.9 Å². The van der Waals surface area contributed by atoms with E-state index in [1.165, 1.54) is 25.3 Å². The monoisotopic (exact) mass is 366 g/mol. The summed E-state index contributed by atoms with van der Waals surface area (Å²) in [7, 11) is 0. The molecule has 1 aromatic heterocycles. The van der Waals surface area contributed by atoms with E-state index in [1.807, 2.05) is 4.90 Å². The van der Waals surface area contributed by atoms with Gasteiger partial charge in [0.1, 0.15) is 0 Å². The molecular formula is C16H17F3N6O. The number of nitrogens with one attached hydrogen (secondary N) is 1. The molecule has 0 spiro atoms. The van der Waals surface area contributed by atoms with E-state index in [0.717, 1.165) is 12.1 Å². The van der Waals surface area contributed by atoms with Crippen molar-refractivity contribution in [3.8, 4) is 0 Å². The number of aromatic nitrogens is 3. The molecule has 0 saturated carbocycles. The molecule has 7 nitrogen and oxygen atoms in total. The van der Waals surface area contributed by atoms with Crippen molar-refractivity contribution in [1.29, 1.82) is 0 Å². The van der Waals surface area contributed by atoms with E-state index < -0.39 is 11.7 Å². The molecule has 0 bridgehead atoms. The van der Waals surface area contributed by atoms with Crippen LogP contribution < -0.4 is 10.2 Å². The standard InChI is InChI=1S/C16H17F3N6O/c1-11(26)24-6-8-25(9-7-24)15-22-14(10-20-23-15)21-13-4-2-12(3-5-13)16(17,18)19/h2-5,10H,6-9H2,1H3,(H,21,22,23). The molecule has 0 unspecified atom stereocenters. The summed E-state index contributed by atoms with van der Waals surface area (Å²) in [5, 5.41) is 10.8. The highest BCUT2D eigenvalue weighted by atomic mass is 19.4. The van der Waals surface area contributed by atoms with Crippen molar-refractivity contribution in [2.45, 2.75) is 13.1 Å². The lowest BCUT2D eigenvalue weighted by atomic mass is 10.2. The molecule has 26 heavy (non-hydrogen) atoms. The predicted octanol–water partition coefficient (Wildman–Crippen LogP) is 2.30. The fraction of sp³-hybridized carbons (Fsp3) is 0.375. The van der Waals surface area contributed by atoms with Crippen LogP contribution in [0.1, 0.15) is 12.5 Å². The van der Waals surface area contributed by atoms with Gasteiger partial charge in [0.05, 0.1) is 11.8 Å². The number of nitrogens with zero attached hydrogens (tertiary/aromatic N) is 5. The fourth-order valence-electron chi connectivity index (χ4n) is 2.60. The van der Waals surface area contributed by atoms with Crippen LogP contribution in [0, 0.1) is 0 Å². The van der Waals surface area contributed by atoms with Crippen LogP contribution >= 0.6 is 0 Å². The second-order valence-electron chi connectivity index (χ2n) is 5.83. The summed E-state index contributed by atoms with van der Waals surface area (Å²) in [4.78, 5) is 19.4. The lowest BCUT2D eigenvalue weighted by Gasteiger charge is -2.33. The zero-order valence-corrected chi connectivity index (χ0v) is 14.0. The van der Waals surface area contributed by atoms with E-state index in [-0.39, 0.29) is 5.91 Å². The zero-order valence-electron chi connectivity index (χ0n) is 14.0. The number of carbonyl (C=O) groups is 1. The summed E-state index contributed by atoms with van der Waals surface area (Å²) in [5.41, 5.74) is -0.251. The molecule has 1 N–H and O–H groups in total. The molecule has 2 aromatic rings. The first kappa shape index (κ1) is 17.9. The van der Waals surface area contributed by atoms with Gasteiger partial charge < -0.3 is 15.1 Å². The highest BCUT2D eigenvalue weighted by molar-refractivity contribution is 5.73. The number of anilines is 3. The van der Waals surface area contributed by atoms with Gasteiger partial charge in [0.25, 0.3) is 0 Å². The van der Waals surface area contributed by atoms with E-state index in [2.05, 4.69) is 20.5 Å². The molecule has 1 aliphatic heterocycles. The number of amides is 1. The zero-order chi connectivity index (χ0) is 18.7. The highest BCUT2D eigenvalue weighted by Gasteiger charge is 2.30. The second-order valence-corrected chi connectivity index (χ2v) is 5.83. The summed E-state index contributed by atoms with van der Waals surface area (Å²) < 4.78 is 37.8. The van der Waals surface area contributed by atoms with Crippen molar-refractivity contribution in [2.75, 3.05) is 36.4 Å². The number of halogens is 3. The Morgan fingerprint density at radius 2 is 1.77 bits per heavy atom. The van der Waals surface area contributed by atoms with Crippen LogP contribution in [0.25, 0.3) is 0 Å². The highest BCUT2D eigenvalue weighted by Crippen LogP contribution is 2.30. The van der Waals surface area contributed by atoms with Gasteiger partial charge in [-0.05, 0) is 24.3 Å². The Morgan fingerprint density at radius 1 is 1.12 bits per heavy atom. The first-order valence-corrected chi connectivity index (χ1v) is 7.97. The van der Waals surface area contributed by atoms with Gasteiger partial charge in [-0.15, -0.1) is 5.10 Å². The smallest absolute Gasteiger partial charge is 0.339 e. The van der Waals surface area contributed by atoms with Crippen LogP contribution in [0.2, 0.25) is 0 Å². The van der Waals surface area contributed by atoms with E-state index in [1.54, 1.807) is 4.90 Å². The first-order valence-electron chi connectivity index (χ1n) is 7.97. The van der Waals surface area contributed by atoms with Gasteiger partial charge in [-0.25, -0.2) is 0 Å². The number of hydrogen-bond donors (Lipinski definition) is 1. The van der Waals surface area contributed by atoms with Crippen molar-refractivity contribution in [2.24, 2.45) is 0 Å². The normalized spacial score (nSPS) is 15.1. The summed E-state index contributed by atoms with van der Waals surface area (Å²) in [6, 6.07) is 4.66. The minimum absolute atomic E-state index is 0.0291. The van der Waals surface area contributed by atoms with E-state index in [9.17, 15) is 18.0 Å². The summed E-state index contributed by atoms with van der Waals surface area (Å²) in [5.74, 6) is 0.815. The number of benzene rings is 1. The largest absolute Gasteiger partial charge is 0.416 e. The molecule has 3 rings (SSSR count). The van der Waals surface area contributed by atoms with Crippen molar-refractivity contribution >= 4 is 23.4 Å². The van der Waals surface area contributed by atoms with Crippen LogP contribution in [0.4, 0.5) is 30.6 Å².